The number of likely N-dealkylation sites (tertiary alicyclic amines) is 1. The minimum Gasteiger partial charge on any atom is -0.494 e. The predicted molar refractivity (Wildman–Crippen MR) is 164 cm³/mol. The molecule has 1 fully saturated rings. The monoisotopic (exact) mass is 544 g/mol. The van der Waals surface area contributed by atoms with Gasteiger partial charge in [0, 0.05) is 44.2 Å². The molecule has 2 aromatic rings. The highest BCUT2D eigenvalue weighted by Gasteiger charge is 2.27. The van der Waals surface area contributed by atoms with Gasteiger partial charge in [-0.25, -0.2) is 4.98 Å². The lowest BCUT2D eigenvalue weighted by Crippen LogP contribution is -2.46. The Morgan fingerprint density at radius 1 is 1.20 bits per heavy atom. The molecule has 1 aliphatic rings. The smallest absolute Gasteiger partial charge is 0.206 e. The van der Waals surface area contributed by atoms with E-state index in [4.69, 9.17) is 31.8 Å². The van der Waals surface area contributed by atoms with Gasteiger partial charge in [-0.3, -0.25) is 15.1 Å². The van der Waals surface area contributed by atoms with Crippen molar-refractivity contribution < 1.29 is 9.53 Å². The second-order valence-corrected chi connectivity index (χ2v) is 9.24. The first-order valence-corrected chi connectivity index (χ1v) is 12.7. The first kappa shape index (κ1) is 31.5. The van der Waals surface area contributed by atoms with Crippen molar-refractivity contribution in [1.82, 2.24) is 15.2 Å². The van der Waals surface area contributed by atoms with Gasteiger partial charge in [-0.1, -0.05) is 48.6 Å². The summed E-state index contributed by atoms with van der Waals surface area (Å²) in [6, 6.07) is 11.5. The number of pyridine rings is 1. The van der Waals surface area contributed by atoms with Gasteiger partial charge in [-0.05, 0) is 37.6 Å². The Hall–Kier alpha value is -4.70. The number of hydrogen-bond donors (Lipinski definition) is 6. The number of nitrogens with two attached hydrogens (primary N) is 2. The van der Waals surface area contributed by atoms with Crippen molar-refractivity contribution in [1.29, 1.82) is 10.8 Å². The van der Waals surface area contributed by atoms with E-state index < -0.39 is 0 Å². The molecule has 0 unspecified atom stereocenters. The largest absolute Gasteiger partial charge is 0.494 e. The number of carbonyl (C=O) groups excluding carboxylic acids is 1. The number of ether oxygens (including phenoxy) is 1. The Kier molecular flexibility index (Phi) is 12.3. The van der Waals surface area contributed by atoms with E-state index in [1.807, 2.05) is 30.3 Å². The quantitative estimate of drug-likeness (QED) is 0.102. The summed E-state index contributed by atoms with van der Waals surface area (Å²) in [6.45, 7) is 10.5. The Bertz CT molecular complexity index is 1310. The average molecular weight is 545 g/mol. The molecule has 212 valence electrons. The van der Waals surface area contributed by atoms with E-state index in [0.717, 1.165) is 36.5 Å². The van der Waals surface area contributed by atoms with E-state index in [1.165, 1.54) is 11.6 Å². The Morgan fingerprint density at radius 2 is 1.88 bits per heavy atom. The molecule has 0 atom stereocenters. The van der Waals surface area contributed by atoms with Crippen molar-refractivity contribution in [2.24, 2.45) is 11.7 Å². The van der Waals surface area contributed by atoms with Crippen LogP contribution in [0.15, 0.2) is 78.6 Å². The SMILES string of the molecule is C=C/C(=C\C=C(/C)C1CN(Cc2cccc(N)n2)C1)c1cccc(N/C(=C/C(=N)N)C(C)=N)c1OC.CNC=O. The molecule has 0 aliphatic carbocycles. The van der Waals surface area contributed by atoms with Gasteiger partial charge in [-0.2, -0.15) is 0 Å². The van der Waals surface area contributed by atoms with Gasteiger partial charge in [0.25, 0.3) is 0 Å². The fourth-order valence-corrected chi connectivity index (χ4v) is 4.05. The third-order valence-electron chi connectivity index (χ3n) is 6.18. The van der Waals surface area contributed by atoms with Gasteiger partial charge in [0.15, 0.2) is 0 Å². The molecule has 0 bridgehead atoms. The molecular formula is C30H40N8O2. The van der Waals surface area contributed by atoms with Crippen LogP contribution >= 0.6 is 0 Å². The molecule has 10 heteroatoms. The number of benzene rings is 1. The number of rotatable bonds is 12. The van der Waals surface area contributed by atoms with E-state index in [2.05, 4.69) is 46.2 Å². The van der Waals surface area contributed by atoms with Crippen molar-refractivity contribution in [3.63, 3.8) is 0 Å². The standard InChI is InChI=1S/C28H35N7O.C2H5NO/c1-5-20(13-12-18(2)21-15-35(16-21)17-22-8-6-11-27(32)33-22)23-9-7-10-24(28(23)36-4)34-25(19(3)29)14-26(30)31;1-3-2-4/h5-14,21,29,34H,1,15-17H2,2-4H3,(H3,30,31)(H2,32,33);2H,1H3,(H,3,4)/b18-12+,20-13+,25-14+,29-19?;. The number of carbonyl (C=O) groups is 1. The van der Waals surface area contributed by atoms with Gasteiger partial charge < -0.3 is 32.2 Å². The van der Waals surface area contributed by atoms with Gasteiger partial charge in [0.1, 0.15) is 17.4 Å². The third-order valence-corrected chi connectivity index (χ3v) is 6.18. The van der Waals surface area contributed by atoms with Crippen molar-refractivity contribution >= 4 is 35.0 Å². The minimum absolute atomic E-state index is 0.134. The van der Waals surface area contributed by atoms with Crippen LogP contribution in [0, 0.1) is 16.7 Å². The molecular weight excluding hydrogens is 504 g/mol. The number of amidine groups is 1. The zero-order valence-electron chi connectivity index (χ0n) is 23.6. The second kappa shape index (κ2) is 15.6. The van der Waals surface area contributed by atoms with Crippen LogP contribution in [0.3, 0.4) is 0 Å². The fourth-order valence-electron chi connectivity index (χ4n) is 4.05. The van der Waals surface area contributed by atoms with E-state index >= 15 is 0 Å². The predicted octanol–water partition coefficient (Wildman–Crippen LogP) is 3.95. The van der Waals surface area contributed by atoms with Crippen LogP contribution < -0.4 is 26.8 Å². The molecule has 10 nitrogen and oxygen atoms in total. The molecule has 3 rings (SSSR count). The maximum atomic E-state index is 9.06. The maximum absolute atomic E-state index is 9.06. The summed E-state index contributed by atoms with van der Waals surface area (Å²) in [5, 5.41) is 21.0. The molecule has 1 aliphatic heterocycles. The number of para-hydroxylation sites is 1. The number of nitrogens with one attached hydrogen (secondary N) is 4. The molecule has 1 aromatic heterocycles. The molecule has 0 radical (unpaired) electrons. The highest BCUT2D eigenvalue weighted by Crippen LogP contribution is 2.35. The van der Waals surface area contributed by atoms with E-state index in [-0.39, 0.29) is 11.5 Å². The van der Waals surface area contributed by atoms with Crippen molar-refractivity contribution in [3.05, 3.63) is 89.8 Å². The molecule has 0 saturated carbocycles. The van der Waals surface area contributed by atoms with Crippen molar-refractivity contribution in [3.8, 4) is 5.75 Å². The molecule has 2 heterocycles. The third kappa shape index (κ3) is 9.25. The summed E-state index contributed by atoms with van der Waals surface area (Å²) in [5.74, 6) is 1.52. The maximum Gasteiger partial charge on any atom is 0.206 e. The molecule has 1 saturated heterocycles. The fraction of sp³-hybridized carbons (Fsp3) is 0.267. The Morgan fingerprint density at radius 3 is 2.42 bits per heavy atom. The van der Waals surface area contributed by atoms with Crippen molar-refractivity contribution in [2.45, 2.75) is 20.4 Å². The Labute approximate surface area is 236 Å². The van der Waals surface area contributed by atoms with Crippen LogP contribution in [0.25, 0.3) is 5.57 Å². The number of anilines is 2. The van der Waals surface area contributed by atoms with Crippen LogP contribution in [0.5, 0.6) is 5.75 Å². The molecule has 0 spiro atoms. The number of amides is 1. The van der Waals surface area contributed by atoms with Gasteiger partial charge >= 0.3 is 0 Å². The lowest BCUT2D eigenvalue weighted by atomic mass is 9.91. The van der Waals surface area contributed by atoms with Crippen LogP contribution in [-0.4, -0.2) is 55.1 Å². The van der Waals surface area contributed by atoms with Gasteiger partial charge in [0.05, 0.1) is 29.9 Å². The van der Waals surface area contributed by atoms with Crippen LogP contribution in [0.2, 0.25) is 0 Å². The number of aromatic nitrogens is 1. The number of hydrogen-bond acceptors (Lipinski definition) is 8. The van der Waals surface area contributed by atoms with Crippen molar-refractivity contribution in [2.75, 3.05) is 38.3 Å². The first-order chi connectivity index (χ1) is 19.1. The van der Waals surface area contributed by atoms with Crippen LogP contribution in [0.4, 0.5) is 11.5 Å². The van der Waals surface area contributed by atoms with Crippen LogP contribution in [-0.2, 0) is 11.3 Å². The zero-order valence-corrected chi connectivity index (χ0v) is 23.6. The summed E-state index contributed by atoms with van der Waals surface area (Å²) in [5.41, 5.74) is 16.7. The highest BCUT2D eigenvalue weighted by atomic mass is 16.5. The normalized spacial score (nSPS) is 14.2. The summed E-state index contributed by atoms with van der Waals surface area (Å²) in [6.07, 6.45) is 8.04. The lowest BCUT2D eigenvalue weighted by molar-refractivity contribution is -0.109. The van der Waals surface area contributed by atoms with Crippen LogP contribution in [0.1, 0.15) is 25.1 Å². The van der Waals surface area contributed by atoms with E-state index in [0.29, 0.717) is 35.3 Å². The number of nitrogens with zero attached hydrogens (tertiary/aromatic N) is 2. The minimum atomic E-state index is -0.134. The van der Waals surface area contributed by atoms with E-state index in [9.17, 15) is 0 Å². The van der Waals surface area contributed by atoms with Gasteiger partial charge in [-0.15, -0.1) is 0 Å². The Balaban J connectivity index is 0.00000131. The lowest BCUT2D eigenvalue weighted by Gasteiger charge is -2.39. The summed E-state index contributed by atoms with van der Waals surface area (Å²) in [4.78, 5) is 15.8. The zero-order chi connectivity index (χ0) is 29.7. The second-order valence-electron chi connectivity index (χ2n) is 9.24. The number of methoxy groups -OCH3 is 1. The summed E-state index contributed by atoms with van der Waals surface area (Å²) in [7, 11) is 3.17. The van der Waals surface area contributed by atoms with Gasteiger partial charge in [0.2, 0.25) is 6.41 Å². The molecule has 1 aromatic carbocycles. The topological polar surface area (TPSA) is 166 Å². The first-order valence-electron chi connectivity index (χ1n) is 12.7. The summed E-state index contributed by atoms with van der Waals surface area (Å²) >= 11 is 0. The molecule has 40 heavy (non-hydrogen) atoms. The highest BCUT2D eigenvalue weighted by molar-refractivity contribution is 6.05. The number of allylic oxidation sites excluding steroid dienone is 5. The number of nitrogen functional groups attached to an aromatic ring is 1. The van der Waals surface area contributed by atoms with E-state index in [1.54, 1.807) is 33.2 Å². The average Bonchev–Trinajstić information content (AvgIpc) is 2.90. The molecule has 1 amide bonds. The molecule has 8 N–H and O–H groups in total. The summed E-state index contributed by atoms with van der Waals surface area (Å²) < 4.78 is 5.73.